The van der Waals surface area contributed by atoms with Crippen molar-refractivity contribution in [1.29, 1.82) is 0 Å². The first kappa shape index (κ1) is 10.4. The van der Waals surface area contributed by atoms with Crippen molar-refractivity contribution in [3.8, 4) is 0 Å². The van der Waals surface area contributed by atoms with Crippen LogP contribution in [0, 0.1) is 5.92 Å². The summed E-state index contributed by atoms with van der Waals surface area (Å²) in [6.45, 7) is 4.42. The minimum atomic E-state index is 0.365. The maximum Gasteiger partial charge on any atom is 0.129 e. The monoisotopic (exact) mass is 221 g/mol. The molecule has 2 heterocycles. The minimum absolute atomic E-state index is 0.365. The number of aromatic nitrogens is 1. The summed E-state index contributed by atoms with van der Waals surface area (Å²) >= 11 is 4.92. The summed E-state index contributed by atoms with van der Waals surface area (Å²) in [7, 11) is 0. The van der Waals surface area contributed by atoms with E-state index in [9.17, 15) is 0 Å². The average Bonchev–Trinajstić information content (AvgIpc) is 2.65. The van der Waals surface area contributed by atoms with Gasteiger partial charge < -0.3 is 10.6 Å². The SMILES string of the molecule is CC1CCN(c2cccc(C(N)=S)n2)C1. The summed E-state index contributed by atoms with van der Waals surface area (Å²) in [5, 5.41) is 0. The van der Waals surface area contributed by atoms with Crippen molar-refractivity contribution in [2.24, 2.45) is 11.7 Å². The number of rotatable bonds is 2. The molecule has 0 amide bonds. The van der Waals surface area contributed by atoms with Crippen LogP contribution in [0.2, 0.25) is 0 Å². The van der Waals surface area contributed by atoms with Gasteiger partial charge in [-0.3, -0.25) is 0 Å². The van der Waals surface area contributed by atoms with Gasteiger partial charge in [0, 0.05) is 13.1 Å². The van der Waals surface area contributed by atoms with E-state index >= 15 is 0 Å². The highest BCUT2D eigenvalue weighted by Gasteiger charge is 2.19. The van der Waals surface area contributed by atoms with Gasteiger partial charge in [0.05, 0.1) is 5.69 Å². The zero-order chi connectivity index (χ0) is 10.8. The van der Waals surface area contributed by atoms with Crippen molar-refractivity contribution in [2.75, 3.05) is 18.0 Å². The summed E-state index contributed by atoms with van der Waals surface area (Å²) in [4.78, 5) is 7.10. The van der Waals surface area contributed by atoms with E-state index in [1.54, 1.807) is 0 Å². The molecule has 0 aromatic carbocycles. The molecule has 0 saturated carbocycles. The number of pyridine rings is 1. The first-order chi connectivity index (χ1) is 7.16. The quantitative estimate of drug-likeness (QED) is 0.770. The molecule has 0 bridgehead atoms. The van der Waals surface area contributed by atoms with Gasteiger partial charge in [0.2, 0.25) is 0 Å². The molecule has 2 N–H and O–H groups in total. The fourth-order valence-corrected chi connectivity index (χ4v) is 1.99. The number of hydrogen-bond donors (Lipinski definition) is 1. The zero-order valence-corrected chi connectivity index (χ0v) is 9.63. The van der Waals surface area contributed by atoms with Gasteiger partial charge in [-0.15, -0.1) is 0 Å². The van der Waals surface area contributed by atoms with Gasteiger partial charge in [0.15, 0.2) is 0 Å². The Morgan fingerprint density at radius 2 is 2.40 bits per heavy atom. The van der Waals surface area contributed by atoms with E-state index in [1.807, 2.05) is 18.2 Å². The third-order valence-electron chi connectivity index (χ3n) is 2.73. The Labute approximate surface area is 95.3 Å². The van der Waals surface area contributed by atoms with E-state index in [0.717, 1.165) is 24.8 Å². The molecule has 1 aromatic heterocycles. The maximum atomic E-state index is 5.56. The number of nitrogens with two attached hydrogens (primary N) is 1. The average molecular weight is 221 g/mol. The van der Waals surface area contributed by atoms with Crippen LogP contribution in [0.15, 0.2) is 18.2 Å². The first-order valence-corrected chi connectivity index (χ1v) is 5.59. The largest absolute Gasteiger partial charge is 0.388 e. The van der Waals surface area contributed by atoms with Crippen molar-refractivity contribution in [1.82, 2.24) is 4.98 Å². The first-order valence-electron chi connectivity index (χ1n) is 5.18. The van der Waals surface area contributed by atoms with E-state index in [2.05, 4.69) is 16.8 Å². The van der Waals surface area contributed by atoms with Crippen LogP contribution in [0.3, 0.4) is 0 Å². The van der Waals surface area contributed by atoms with E-state index in [4.69, 9.17) is 18.0 Å². The second-order valence-corrected chi connectivity index (χ2v) is 4.52. The topological polar surface area (TPSA) is 42.1 Å². The van der Waals surface area contributed by atoms with Gasteiger partial charge in [-0.2, -0.15) is 0 Å². The van der Waals surface area contributed by atoms with Gasteiger partial charge in [-0.25, -0.2) is 4.98 Å². The normalized spacial score (nSPS) is 20.6. The molecular formula is C11H15N3S. The molecule has 1 atom stereocenters. The summed E-state index contributed by atoms with van der Waals surface area (Å²) in [5.41, 5.74) is 6.27. The van der Waals surface area contributed by atoms with Gasteiger partial charge >= 0.3 is 0 Å². The van der Waals surface area contributed by atoms with Gasteiger partial charge in [-0.05, 0) is 24.5 Å². The van der Waals surface area contributed by atoms with Crippen molar-refractivity contribution < 1.29 is 0 Å². The van der Waals surface area contributed by atoms with Crippen LogP contribution in [-0.2, 0) is 0 Å². The second kappa shape index (κ2) is 4.14. The van der Waals surface area contributed by atoms with Crippen molar-refractivity contribution >= 4 is 23.0 Å². The van der Waals surface area contributed by atoms with E-state index in [-0.39, 0.29) is 0 Å². The Balaban J connectivity index is 2.21. The molecule has 4 heteroatoms. The number of thiocarbonyl (C=S) groups is 1. The molecule has 1 saturated heterocycles. The summed E-state index contributed by atoms with van der Waals surface area (Å²) in [6.07, 6.45) is 1.24. The Kier molecular flexibility index (Phi) is 2.86. The van der Waals surface area contributed by atoms with Gasteiger partial charge in [0.25, 0.3) is 0 Å². The predicted octanol–water partition coefficient (Wildman–Crippen LogP) is 1.56. The van der Waals surface area contributed by atoms with Crippen LogP contribution in [0.5, 0.6) is 0 Å². The van der Waals surface area contributed by atoms with Crippen molar-refractivity contribution in [2.45, 2.75) is 13.3 Å². The lowest BCUT2D eigenvalue weighted by Crippen LogP contribution is -2.22. The zero-order valence-electron chi connectivity index (χ0n) is 8.81. The molecule has 2 rings (SSSR count). The molecule has 1 unspecified atom stereocenters. The third-order valence-corrected chi connectivity index (χ3v) is 2.94. The summed E-state index contributed by atoms with van der Waals surface area (Å²) in [5.74, 6) is 1.74. The Morgan fingerprint density at radius 1 is 1.60 bits per heavy atom. The highest BCUT2D eigenvalue weighted by Crippen LogP contribution is 2.21. The molecular weight excluding hydrogens is 206 g/mol. The van der Waals surface area contributed by atoms with Crippen molar-refractivity contribution in [3.05, 3.63) is 23.9 Å². The predicted molar refractivity (Wildman–Crippen MR) is 66.1 cm³/mol. The van der Waals surface area contributed by atoms with Crippen LogP contribution in [-0.4, -0.2) is 23.1 Å². The molecule has 1 aliphatic rings. The molecule has 1 aromatic rings. The number of hydrogen-bond acceptors (Lipinski definition) is 3. The maximum absolute atomic E-state index is 5.56. The lowest BCUT2D eigenvalue weighted by Gasteiger charge is -2.17. The fraction of sp³-hybridized carbons (Fsp3) is 0.455. The standard InChI is InChI=1S/C11H15N3S/c1-8-5-6-14(7-8)10-4-2-3-9(13-10)11(12)15/h2-4,8H,5-7H2,1H3,(H2,12,15). The molecule has 0 spiro atoms. The molecule has 0 radical (unpaired) electrons. The fourth-order valence-electron chi connectivity index (χ4n) is 1.88. The van der Waals surface area contributed by atoms with E-state index in [0.29, 0.717) is 10.7 Å². The highest BCUT2D eigenvalue weighted by molar-refractivity contribution is 7.80. The molecule has 0 aliphatic carbocycles. The lowest BCUT2D eigenvalue weighted by atomic mass is 10.2. The molecule has 3 nitrogen and oxygen atoms in total. The molecule has 1 fully saturated rings. The number of anilines is 1. The van der Waals surface area contributed by atoms with E-state index in [1.165, 1.54) is 6.42 Å². The van der Waals surface area contributed by atoms with E-state index < -0.39 is 0 Å². The Hall–Kier alpha value is -1.16. The smallest absolute Gasteiger partial charge is 0.129 e. The number of nitrogens with zero attached hydrogens (tertiary/aromatic N) is 2. The molecule has 80 valence electrons. The van der Waals surface area contributed by atoms with Crippen LogP contribution in [0.1, 0.15) is 19.0 Å². The van der Waals surface area contributed by atoms with Crippen LogP contribution in [0.4, 0.5) is 5.82 Å². The van der Waals surface area contributed by atoms with Gasteiger partial charge in [-0.1, -0.05) is 25.2 Å². The van der Waals surface area contributed by atoms with Crippen LogP contribution >= 0.6 is 12.2 Å². The lowest BCUT2D eigenvalue weighted by molar-refractivity contribution is 0.659. The molecule has 1 aliphatic heterocycles. The Bertz CT molecular complexity index is 378. The second-order valence-electron chi connectivity index (χ2n) is 4.09. The third kappa shape index (κ3) is 2.26. The summed E-state index contributed by atoms with van der Waals surface area (Å²) < 4.78 is 0. The Morgan fingerprint density at radius 3 is 3.00 bits per heavy atom. The van der Waals surface area contributed by atoms with Crippen LogP contribution in [0.25, 0.3) is 0 Å². The summed E-state index contributed by atoms with van der Waals surface area (Å²) in [6, 6.07) is 5.82. The highest BCUT2D eigenvalue weighted by atomic mass is 32.1. The van der Waals surface area contributed by atoms with Crippen LogP contribution < -0.4 is 10.6 Å². The molecule has 15 heavy (non-hydrogen) atoms. The van der Waals surface area contributed by atoms with Gasteiger partial charge in [0.1, 0.15) is 10.8 Å². The minimum Gasteiger partial charge on any atom is -0.388 e. The van der Waals surface area contributed by atoms with Crippen molar-refractivity contribution in [3.63, 3.8) is 0 Å².